The number of hydrogen-bond donors (Lipinski definition) is 0. The van der Waals surface area contributed by atoms with Crippen LogP contribution < -0.4 is 0 Å². The van der Waals surface area contributed by atoms with Crippen LogP contribution in [-0.2, 0) is 0 Å². The van der Waals surface area contributed by atoms with Crippen LogP contribution >= 0.6 is 0 Å². The molecule has 0 aliphatic carbocycles. The van der Waals surface area contributed by atoms with Crippen LogP contribution in [0.15, 0.2) is 162 Å². The van der Waals surface area contributed by atoms with Crippen LogP contribution in [-0.4, -0.2) is 19.9 Å². The Labute approximate surface area is 281 Å². The molecule has 10 rings (SSSR count). The Morgan fingerprint density at radius 3 is 1.78 bits per heavy atom. The van der Waals surface area contributed by atoms with Crippen molar-refractivity contribution in [1.29, 1.82) is 0 Å². The fraction of sp³-hybridized carbons (Fsp3) is 0. The van der Waals surface area contributed by atoms with E-state index in [9.17, 15) is 0 Å². The maximum atomic E-state index is 6.50. The molecule has 0 radical (unpaired) electrons. The van der Waals surface area contributed by atoms with Crippen LogP contribution in [0.2, 0.25) is 0 Å². The number of hydrogen-bond acceptors (Lipinski definition) is 5. The Kier molecular flexibility index (Phi) is 6.11. The van der Waals surface area contributed by atoms with E-state index in [1.54, 1.807) is 6.20 Å². The maximum Gasteiger partial charge on any atom is 0.164 e. The Morgan fingerprint density at radius 2 is 1.02 bits per heavy atom. The molecule has 0 N–H and O–H groups in total. The van der Waals surface area contributed by atoms with Crippen LogP contribution in [0.3, 0.4) is 0 Å². The van der Waals surface area contributed by atoms with Gasteiger partial charge in [-0.3, -0.25) is 4.98 Å². The predicted molar refractivity (Wildman–Crippen MR) is 199 cm³/mol. The molecule has 0 aliphatic heterocycles. The van der Waals surface area contributed by atoms with Crippen molar-refractivity contribution in [3.05, 3.63) is 158 Å². The van der Waals surface area contributed by atoms with Crippen LogP contribution in [0, 0.1) is 0 Å². The van der Waals surface area contributed by atoms with Crippen molar-refractivity contribution in [2.45, 2.75) is 0 Å². The van der Waals surface area contributed by atoms with Crippen LogP contribution in [0.1, 0.15) is 0 Å². The number of pyridine rings is 1. The summed E-state index contributed by atoms with van der Waals surface area (Å²) >= 11 is 0. The molecule has 0 amide bonds. The highest BCUT2D eigenvalue weighted by atomic mass is 16.3. The minimum atomic E-state index is 0.573. The molecule has 3 heterocycles. The average Bonchev–Trinajstić information content (AvgIpc) is 3.56. The van der Waals surface area contributed by atoms with E-state index < -0.39 is 0 Å². The molecule has 0 saturated carbocycles. The summed E-state index contributed by atoms with van der Waals surface area (Å²) < 4.78 is 6.50. The first-order chi connectivity index (χ1) is 24.3. The Bertz CT molecular complexity index is 2820. The first-order valence-corrected chi connectivity index (χ1v) is 16.3. The van der Waals surface area contributed by atoms with Crippen molar-refractivity contribution in [3.63, 3.8) is 0 Å². The van der Waals surface area contributed by atoms with Crippen LogP contribution in [0.4, 0.5) is 0 Å². The number of fused-ring (bicyclic) bond motifs is 8. The highest BCUT2D eigenvalue weighted by molar-refractivity contribution is 6.18. The van der Waals surface area contributed by atoms with E-state index in [0.29, 0.717) is 17.5 Å². The Morgan fingerprint density at radius 1 is 0.388 bits per heavy atom. The molecular weight excluding hydrogens is 601 g/mol. The standard InChI is InChI=1S/C44H26N4O/c1-3-10-29(11-4-1)42-46-43(30-12-5-2-6-13-30)48-44(47-42)37-24-32(25-40-41(37)38-26-45-22-21-39(38)49-40)31-16-15-28-18-19-34-33-14-8-7-9-27(33)17-20-35(34)36(28)23-31/h1-26H. The zero-order valence-corrected chi connectivity index (χ0v) is 26.2. The van der Waals surface area contributed by atoms with Gasteiger partial charge in [-0.05, 0) is 67.7 Å². The van der Waals surface area contributed by atoms with E-state index >= 15 is 0 Å². The zero-order chi connectivity index (χ0) is 32.3. The van der Waals surface area contributed by atoms with Gasteiger partial charge in [0.2, 0.25) is 0 Å². The molecule has 0 unspecified atom stereocenters. The van der Waals surface area contributed by atoms with Gasteiger partial charge in [-0.15, -0.1) is 0 Å². The third-order valence-corrected chi connectivity index (χ3v) is 9.39. The fourth-order valence-corrected chi connectivity index (χ4v) is 7.02. The molecule has 5 nitrogen and oxygen atoms in total. The number of rotatable bonds is 4. The van der Waals surface area contributed by atoms with Crippen LogP contribution in [0.5, 0.6) is 0 Å². The molecule has 5 heteroatoms. The second kappa shape index (κ2) is 10.9. The first-order valence-electron chi connectivity index (χ1n) is 16.3. The van der Waals surface area contributed by atoms with Crippen molar-refractivity contribution in [2.75, 3.05) is 0 Å². The van der Waals surface area contributed by atoms with E-state index in [0.717, 1.165) is 49.8 Å². The van der Waals surface area contributed by atoms with Crippen molar-refractivity contribution in [1.82, 2.24) is 19.9 Å². The smallest absolute Gasteiger partial charge is 0.164 e. The first kappa shape index (κ1) is 27.4. The van der Waals surface area contributed by atoms with Crippen molar-refractivity contribution in [2.24, 2.45) is 0 Å². The van der Waals surface area contributed by atoms with E-state index in [1.807, 2.05) is 72.9 Å². The second-order valence-corrected chi connectivity index (χ2v) is 12.3. The molecule has 7 aromatic carbocycles. The van der Waals surface area contributed by atoms with Gasteiger partial charge in [0.15, 0.2) is 17.5 Å². The summed E-state index contributed by atoms with van der Waals surface area (Å²) in [6.07, 6.45) is 3.61. The number of aromatic nitrogens is 4. The minimum Gasteiger partial charge on any atom is -0.456 e. The topological polar surface area (TPSA) is 64.7 Å². The number of furan rings is 1. The summed E-state index contributed by atoms with van der Waals surface area (Å²) in [7, 11) is 0. The van der Waals surface area contributed by atoms with Gasteiger partial charge < -0.3 is 4.42 Å². The Balaban J connectivity index is 1.25. The van der Waals surface area contributed by atoms with Gasteiger partial charge in [-0.25, -0.2) is 15.0 Å². The molecule has 10 aromatic rings. The quantitative estimate of drug-likeness (QED) is 0.182. The van der Waals surface area contributed by atoms with Gasteiger partial charge in [0.25, 0.3) is 0 Å². The van der Waals surface area contributed by atoms with Gasteiger partial charge in [0.1, 0.15) is 11.2 Å². The Hall–Kier alpha value is -6.72. The molecular formula is C44H26N4O. The SMILES string of the molecule is c1ccc(-c2nc(-c3ccccc3)nc(-c3cc(-c4ccc5ccc6c7ccccc7ccc6c5c4)cc4oc5ccncc5c34)n2)cc1. The fourth-order valence-electron chi connectivity index (χ4n) is 7.02. The van der Waals surface area contributed by atoms with Crippen molar-refractivity contribution in [3.8, 4) is 45.3 Å². The third-order valence-electron chi connectivity index (χ3n) is 9.39. The minimum absolute atomic E-state index is 0.573. The maximum absolute atomic E-state index is 6.50. The zero-order valence-electron chi connectivity index (χ0n) is 26.2. The summed E-state index contributed by atoms with van der Waals surface area (Å²) in [4.78, 5) is 19.6. The summed E-state index contributed by atoms with van der Waals surface area (Å²) in [5.74, 6) is 1.79. The lowest BCUT2D eigenvalue weighted by molar-refractivity contribution is 0.668. The van der Waals surface area contributed by atoms with Gasteiger partial charge in [-0.1, -0.05) is 121 Å². The lowest BCUT2D eigenvalue weighted by Crippen LogP contribution is -2.00. The number of benzene rings is 7. The molecule has 228 valence electrons. The molecule has 0 bridgehead atoms. The lowest BCUT2D eigenvalue weighted by atomic mass is 9.93. The largest absolute Gasteiger partial charge is 0.456 e. The molecule has 0 saturated heterocycles. The molecule has 0 atom stereocenters. The molecule has 3 aromatic heterocycles. The van der Waals surface area contributed by atoms with Crippen LogP contribution in [0.25, 0.3) is 99.5 Å². The normalized spacial score (nSPS) is 11.7. The third kappa shape index (κ3) is 4.55. The molecule has 49 heavy (non-hydrogen) atoms. The highest BCUT2D eigenvalue weighted by Crippen LogP contribution is 2.41. The van der Waals surface area contributed by atoms with E-state index in [4.69, 9.17) is 19.4 Å². The molecule has 0 aliphatic rings. The second-order valence-electron chi connectivity index (χ2n) is 12.3. The molecule has 0 fully saturated rings. The average molecular weight is 627 g/mol. The molecule has 0 spiro atoms. The summed E-state index contributed by atoms with van der Waals surface area (Å²) in [5, 5.41) is 9.20. The van der Waals surface area contributed by atoms with Gasteiger partial charge in [-0.2, -0.15) is 0 Å². The van der Waals surface area contributed by atoms with Crippen molar-refractivity contribution >= 4 is 54.3 Å². The monoisotopic (exact) mass is 626 g/mol. The summed E-state index contributed by atoms with van der Waals surface area (Å²) in [6.45, 7) is 0. The van der Waals surface area contributed by atoms with E-state index in [1.165, 1.54) is 32.3 Å². The lowest BCUT2D eigenvalue weighted by Gasteiger charge is -2.12. The predicted octanol–water partition coefficient (Wildman–Crippen LogP) is 11.3. The summed E-state index contributed by atoms with van der Waals surface area (Å²) in [6, 6.07) is 50.5. The van der Waals surface area contributed by atoms with E-state index in [-0.39, 0.29) is 0 Å². The van der Waals surface area contributed by atoms with E-state index in [2.05, 4.69) is 83.8 Å². The van der Waals surface area contributed by atoms with Crippen molar-refractivity contribution < 1.29 is 4.42 Å². The highest BCUT2D eigenvalue weighted by Gasteiger charge is 2.20. The van der Waals surface area contributed by atoms with Gasteiger partial charge in [0.05, 0.1) is 0 Å². The summed E-state index contributed by atoms with van der Waals surface area (Å²) in [5.41, 5.74) is 6.31. The van der Waals surface area contributed by atoms with Gasteiger partial charge in [0, 0.05) is 39.9 Å². The number of nitrogens with zero attached hydrogens (tertiary/aromatic N) is 4. The van der Waals surface area contributed by atoms with Gasteiger partial charge >= 0.3 is 0 Å².